The van der Waals surface area contributed by atoms with Crippen molar-refractivity contribution in [3.63, 3.8) is 0 Å². The van der Waals surface area contributed by atoms with E-state index in [1.165, 1.54) is 18.5 Å². The standard InChI is InChI=1S/C25H24ClF3N9O2/c1-35-22-21(26)20(40-19-13-32-38-7-5-30-11-18(19)38)12-31-23(22)34-24(35)33-16-3-4-17(37(14-16)25(27,28)29)15-36-6-2-9-39-10-8-36/h3-5,7,11-14H,2,6,8-10,15H2,1H3,(H,31,33,34)/q+1. The number of aryl methyl sites for hydroxylation is 1. The van der Waals surface area contributed by atoms with Crippen LogP contribution in [0, 0.1) is 0 Å². The number of rotatable bonds is 6. The van der Waals surface area contributed by atoms with Crippen LogP contribution >= 0.6 is 11.6 Å². The highest BCUT2D eigenvalue weighted by Gasteiger charge is 2.44. The van der Waals surface area contributed by atoms with Crippen molar-refractivity contribution in [2.75, 3.05) is 31.6 Å². The molecule has 1 saturated heterocycles. The molecule has 11 nitrogen and oxygen atoms in total. The molecular weight excluding hydrogens is 551 g/mol. The lowest BCUT2D eigenvalue weighted by Crippen LogP contribution is -2.51. The summed E-state index contributed by atoms with van der Waals surface area (Å²) in [5.74, 6) is 0.953. The number of imidazole rings is 1. The SMILES string of the molecule is Cn1c(Nc2ccc(CN3CCCOCC3)[n+](C(F)(F)F)c2)nc2ncc(Oc3cnn4ccncc34)c(Cl)c21. The lowest BCUT2D eigenvalue weighted by Gasteiger charge is -2.18. The Bertz CT molecular complexity index is 1680. The van der Waals surface area contributed by atoms with E-state index in [2.05, 4.69) is 25.4 Å². The van der Waals surface area contributed by atoms with Gasteiger partial charge in [-0.25, -0.2) is 9.50 Å². The van der Waals surface area contributed by atoms with E-state index in [4.69, 9.17) is 21.1 Å². The second kappa shape index (κ2) is 10.5. The minimum Gasteiger partial charge on any atom is -0.450 e. The average Bonchev–Trinajstić information content (AvgIpc) is 3.36. The van der Waals surface area contributed by atoms with Crippen LogP contribution in [0.3, 0.4) is 0 Å². The molecule has 0 aromatic carbocycles. The topological polar surface area (TPSA) is 98.5 Å². The highest BCUT2D eigenvalue weighted by molar-refractivity contribution is 6.36. The molecule has 0 unspecified atom stereocenters. The monoisotopic (exact) mass is 574 g/mol. The Hall–Kier alpha value is -4.01. The van der Waals surface area contributed by atoms with Gasteiger partial charge in [-0.15, -0.1) is 17.7 Å². The minimum absolute atomic E-state index is 0.124. The number of halogens is 4. The zero-order valence-corrected chi connectivity index (χ0v) is 22.0. The Morgan fingerprint density at radius 3 is 2.88 bits per heavy atom. The van der Waals surface area contributed by atoms with E-state index < -0.39 is 6.30 Å². The summed E-state index contributed by atoms with van der Waals surface area (Å²) < 4.78 is 57.0. The first-order valence-corrected chi connectivity index (χ1v) is 12.8. The van der Waals surface area contributed by atoms with Crippen molar-refractivity contribution in [3.8, 4) is 11.5 Å². The quantitative estimate of drug-likeness (QED) is 0.302. The molecule has 0 amide bonds. The lowest BCUT2D eigenvalue weighted by atomic mass is 10.2. The Morgan fingerprint density at radius 2 is 2.02 bits per heavy atom. The minimum atomic E-state index is -4.60. The fraction of sp³-hybridized carbons (Fsp3) is 0.320. The third-order valence-corrected chi connectivity index (χ3v) is 6.94. The normalized spacial score (nSPS) is 15.0. The lowest BCUT2D eigenvalue weighted by molar-refractivity contribution is -0.859. The van der Waals surface area contributed by atoms with Crippen molar-refractivity contribution in [1.82, 2.24) is 34.0 Å². The molecule has 5 aromatic rings. The van der Waals surface area contributed by atoms with Crippen LogP contribution < -0.4 is 14.6 Å². The summed E-state index contributed by atoms with van der Waals surface area (Å²) in [5, 5.41) is 7.42. The number of nitrogens with zero attached hydrogens (tertiary/aromatic N) is 8. The van der Waals surface area contributed by atoms with Gasteiger partial charge in [0.1, 0.15) is 21.7 Å². The first-order chi connectivity index (χ1) is 19.3. The first-order valence-electron chi connectivity index (χ1n) is 12.4. The number of alkyl halides is 3. The average molecular weight is 575 g/mol. The second-order valence-electron chi connectivity index (χ2n) is 9.23. The van der Waals surface area contributed by atoms with Crippen LogP contribution in [0.1, 0.15) is 12.1 Å². The van der Waals surface area contributed by atoms with Gasteiger partial charge < -0.3 is 19.4 Å². The molecule has 1 fully saturated rings. The van der Waals surface area contributed by atoms with Crippen LogP contribution in [0.25, 0.3) is 16.7 Å². The number of aromatic nitrogens is 7. The smallest absolute Gasteiger partial charge is 0.450 e. The van der Waals surface area contributed by atoms with Crippen molar-refractivity contribution >= 4 is 39.9 Å². The molecular formula is C25H24ClF3N9O2+. The van der Waals surface area contributed by atoms with Crippen LogP contribution in [0.2, 0.25) is 5.02 Å². The molecule has 40 heavy (non-hydrogen) atoms. The van der Waals surface area contributed by atoms with Crippen molar-refractivity contribution in [2.24, 2.45) is 7.05 Å². The van der Waals surface area contributed by atoms with Crippen LogP contribution in [0.5, 0.6) is 11.5 Å². The number of ether oxygens (including phenoxy) is 2. The van der Waals surface area contributed by atoms with E-state index in [9.17, 15) is 13.2 Å². The van der Waals surface area contributed by atoms with Crippen molar-refractivity contribution in [1.29, 1.82) is 0 Å². The maximum Gasteiger partial charge on any atom is 0.638 e. The molecule has 6 heterocycles. The highest BCUT2D eigenvalue weighted by atomic mass is 35.5. The van der Waals surface area contributed by atoms with E-state index >= 15 is 0 Å². The highest BCUT2D eigenvalue weighted by Crippen LogP contribution is 2.36. The number of fused-ring (bicyclic) bond motifs is 2. The Labute approximate surface area is 230 Å². The second-order valence-corrected chi connectivity index (χ2v) is 9.61. The van der Waals surface area contributed by atoms with Crippen molar-refractivity contribution < 1.29 is 27.2 Å². The van der Waals surface area contributed by atoms with Crippen molar-refractivity contribution in [2.45, 2.75) is 19.3 Å². The number of hydrogen-bond donors (Lipinski definition) is 1. The summed E-state index contributed by atoms with van der Waals surface area (Å²) in [7, 11) is 1.68. The predicted octanol–water partition coefficient (Wildman–Crippen LogP) is 4.19. The van der Waals surface area contributed by atoms with Gasteiger partial charge >= 0.3 is 6.30 Å². The largest absolute Gasteiger partial charge is 0.638 e. The molecule has 208 valence electrons. The van der Waals surface area contributed by atoms with E-state index in [0.29, 0.717) is 53.3 Å². The summed E-state index contributed by atoms with van der Waals surface area (Å²) in [6.45, 7) is 2.51. The van der Waals surface area contributed by atoms with E-state index in [-0.39, 0.29) is 34.6 Å². The third kappa shape index (κ3) is 5.12. The number of anilines is 2. The number of nitrogens with one attached hydrogen (secondary N) is 1. The van der Waals surface area contributed by atoms with Gasteiger partial charge in [-0.3, -0.25) is 9.88 Å². The van der Waals surface area contributed by atoms with Crippen LogP contribution in [-0.2, 0) is 24.6 Å². The third-order valence-electron chi connectivity index (χ3n) is 6.58. The zero-order chi connectivity index (χ0) is 27.9. The molecule has 0 aliphatic carbocycles. The molecule has 15 heteroatoms. The van der Waals surface area contributed by atoms with Crippen LogP contribution in [0.15, 0.2) is 49.3 Å². The Kier molecular flexibility index (Phi) is 6.90. The molecule has 0 bridgehead atoms. The summed E-state index contributed by atoms with van der Waals surface area (Å²) in [5.41, 5.74) is 1.70. The fourth-order valence-corrected chi connectivity index (χ4v) is 4.89. The van der Waals surface area contributed by atoms with Crippen molar-refractivity contribution in [3.05, 3.63) is 60.0 Å². The summed E-state index contributed by atoms with van der Waals surface area (Å²) in [6.07, 6.45) is 5.05. The number of hydrogen-bond acceptors (Lipinski definition) is 8. The van der Waals surface area contributed by atoms with Gasteiger partial charge in [0.15, 0.2) is 17.1 Å². The first kappa shape index (κ1) is 26.2. The molecule has 0 saturated carbocycles. The summed E-state index contributed by atoms with van der Waals surface area (Å²) in [4.78, 5) is 14.8. The summed E-state index contributed by atoms with van der Waals surface area (Å²) >= 11 is 6.68. The molecule has 0 atom stereocenters. The van der Waals surface area contributed by atoms with Gasteiger partial charge in [-0.1, -0.05) is 11.6 Å². The van der Waals surface area contributed by atoms with Crippen LogP contribution in [-0.4, -0.2) is 60.3 Å². The maximum atomic E-state index is 14.0. The van der Waals surface area contributed by atoms with E-state index in [1.807, 2.05) is 4.90 Å². The number of pyridine rings is 2. The van der Waals surface area contributed by atoms with Gasteiger partial charge in [0.2, 0.25) is 17.8 Å². The summed E-state index contributed by atoms with van der Waals surface area (Å²) in [6, 6.07) is 3.06. The molecule has 1 aliphatic heterocycles. The van der Waals surface area contributed by atoms with Gasteiger partial charge in [-0.05, 0) is 12.5 Å². The van der Waals surface area contributed by atoms with Gasteiger partial charge in [0.25, 0.3) is 0 Å². The maximum absolute atomic E-state index is 14.0. The molecule has 6 rings (SSSR count). The zero-order valence-electron chi connectivity index (χ0n) is 21.3. The Balaban J connectivity index is 1.28. The van der Waals surface area contributed by atoms with Crippen LogP contribution in [0.4, 0.5) is 24.8 Å². The van der Waals surface area contributed by atoms with E-state index in [1.54, 1.807) is 40.8 Å². The molecule has 0 spiro atoms. The molecule has 1 aliphatic rings. The predicted molar refractivity (Wildman–Crippen MR) is 139 cm³/mol. The van der Waals surface area contributed by atoms with Gasteiger partial charge in [-0.2, -0.15) is 10.1 Å². The fourth-order valence-electron chi connectivity index (χ4n) is 4.59. The molecule has 0 radical (unpaired) electrons. The molecule has 5 aromatic heterocycles. The molecule has 1 N–H and O–H groups in total. The van der Waals surface area contributed by atoms with Gasteiger partial charge in [0.05, 0.1) is 31.7 Å². The van der Waals surface area contributed by atoms with Gasteiger partial charge in [0, 0.05) is 45.2 Å². The van der Waals surface area contributed by atoms with E-state index in [0.717, 1.165) is 12.6 Å². The Morgan fingerprint density at radius 1 is 1.15 bits per heavy atom.